The lowest BCUT2D eigenvalue weighted by Crippen LogP contribution is -2.17. The van der Waals surface area contributed by atoms with Crippen LogP contribution in [0, 0.1) is 0 Å². The number of hydrogen-bond acceptors (Lipinski definition) is 3. The van der Waals surface area contributed by atoms with E-state index in [1.807, 2.05) is 0 Å². The van der Waals surface area contributed by atoms with Gasteiger partial charge in [-0.1, -0.05) is 64.7 Å². The second kappa shape index (κ2) is 18.8. The van der Waals surface area contributed by atoms with Crippen molar-refractivity contribution in [3.8, 4) is 0 Å². The first-order valence-corrected chi connectivity index (χ1v) is 10.4. The van der Waals surface area contributed by atoms with E-state index in [0.29, 0.717) is 0 Å². The third kappa shape index (κ3) is 19.8. The van der Waals surface area contributed by atoms with Crippen molar-refractivity contribution in [3.05, 3.63) is 0 Å². The van der Waals surface area contributed by atoms with Crippen molar-refractivity contribution in [3.63, 3.8) is 0 Å². The monoisotopic (exact) mass is 331 g/mol. The first-order valence-electron chi connectivity index (χ1n) is 9.27. The van der Waals surface area contributed by atoms with Crippen LogP contribution >= 0.6 is 11.8 Å². The quantitative estimate of drug-likeness (QED) is 0.343. The summed E-state index contributed by atoms with van der Waals surface area (Å²) >= 11 is 1.74. The number of unbranched alkanes of at least 4 members (excludes halogenated alkanes) is 9. The lowest BCUT2D eigenvalue weighted by Gasteiger charge is -2.05. The maximum absolute atomic E-state index is 10.3. The normalized spacial score (nSPS) is 11.0. The van der Waals surface area contributed by atoms with Crippen molar-refractivity contribution in [2.45, 2.75) is 84.0 Å². The fraction of sp³-hybridized carbons (Fsp3) is 0.944. The summed E-state index contributed by atoms with van der Waals surface area (Å²) in [6.07, 6.45) is 15.3. The molecule has 0 aromatic rings. The molecule has 0 saturated carbocycles. The molecule has 0 fully saturated rings. The van der Waals surface area contributed by atoms with Crippen LogP contribution < -0.4 is 5.32 Å². The summed E-state index contributed by atoms with van der Waals surface area (Å²) in [5.41, 5.74) is 0. The molecule has 0 aromatic carbocycles. The Morgan fingerprint density at radius 2 is 1.36 bits per heavy atom. The van der Waals surface area contributed by atoms with Crippen molar-refractivity contribution >= 4 is 17.7 Å². The minimum absolute atomic E-state index is 0.288. The first kappa shape index (κ1) is 21.8. The van der Waals surface area contributed by atoms with E-state index in [9.17, 15) is 4.79 Å². The van der Waals surface area contributed by atoms with Gasteiger partial charge in [-0.25, -0.2) is 0 Å². The Morgan fingerprint density at radius 1 is 0.818 bits per heavy atom. The SMILES string of the molecule is CCCCCCCCCCCCNCCCSCCC(=O)O. The number of nitrogens with one attached hydrogen (secondary N) is 1. The van der Waals surface area contributed by atoms with Gasteiger partial charge in [0.2, 0.25) is 0 Å². The molecule has 0 saturated heterocycles. The molecule has 3 nitrogen and oxygen atoms in total. The zero-order valence-corrected chi connectivity index (χ0v) is 15.4. The van der Waals surface area contributed by atoms with Crippen LogP contribution in [0.2, 0.25) is 0 Å². The summed E-state index contributed by atoms with van der Waals surface area (Å²) in [6.45, 7) is 4.47. The fourth-order valence-electron chi connectivity index (χ4n) is 2.42. The van der Waals surface area contributed by atoms with Crippen LogP contribution in [0.5, 0.6) is 0 Å². The number of carboxylic acids is 1. The van der Waals surface area contributed by atoms with Gasteiger partial charge in [0.15, 0.2) is 0 Å². The number of aliphatic carboxylic acids is 1. The topological polar surface area (TPSA) is 49.3 Å². The van der Waals surface area contributed by atoms with E-state index in [1.54, 1.807) is 11.8 Å². The van der Waals surface area contributed by atoms with Crippen LogP contribution in [0.1, 0.15) is 84.0 Å². The molecule has 2 N–H and O–H groups in total. The van der Waals surface area contributed by atoms with Gasteiger partial charge in [0.1, 0.15) is 0 Å². The van der Waals surface area contributed by atoms with E-state index < -0.39 is 5.97 Å². The molecule has 0 radical (unpaired) electrons. The summed E-state index contributed by atoms with van der Waals surface area (Å²) in [5, 5.41) is 12.0. The molecule has 0 atom stereocenters. The molecule has 0 spiro atoms. The van der Waals surface area contributed by atoms with Gasteiger partial charge in [0, 0.05) is 5.75 Å². The first-order chi connectivity index (χ1) is 10.8. The minimum Gasteiger partial charge on any atom is -0.481 e. The van der Waals surface area contributed by atoms with Crippen LogP contribution in [-0.4, -0.2) is 35.7 Å². The van der Waals surface area contributed by atoms with Crippen molar-refractivity contribution in [2.75, 3.05) is 24.6 Å². The Labute approximate surface area is 142 Å². The molecule has 0 bridgehead atoms. The third-order valence-corrected chi connectivity index (χ3v) is 4.88. The maximum Gasteiger partial charge on any atom is 0.304 e. The van der Waals surface area contributed by atoms with Crippen LogP contribution in [0.15, 0.2) is 0 Å². The Morgan fingerprint density at radius 3 is 1.95 bits per heavy atom. The van der Waals surface area contributed by atoms with Gasteiger partial charge >= 0.3 is 5.97 Å². The van der Waals surface area contributed by atoms with Crippen LogP contribution in [0.25, 0.3) is 0 Å². The Hall–Kier alpha value is -0.220. The van der Waals surface area contributed by atoms with E-state index in [1.165, 1.54) is 64.2 Å². The Bertz CT molecular complexity index is 237. The standard InChI is InChI=1S/C18H37NO2S/c1-2-3-4-5-6-7-8-9-10-11-14-19-15-12-16-22-17-13-18(20)21/h19H,2-17H2,1H3,(H,20,21). The molecule has 0 heterocycles. The molecule has 0 aliphatic carbocycles. The van der Waals surface area contributed by atoms with Gasteiger partial charge in [-0.2, -0.15) is 11.8 Å². The second-order valence-electron chi connectivity index (χ2n) is 6.04. The highest BCUT2D eigenvalue weighted by Crippen LogP contribution is 2.10. The van der Waals surface area contributed by atoms with E-state index in [-0.39, 0.29) is 6.42 Å². The maximum atomic E-state index is 10.3. The van der Waals surface area contributed by atoms with Crippen molar-refractivity contribution < 1.29 is 9.90 Å². The van der Waals surface area contributed by atoms with Crippen molar-refractivity contribution in [1.29, 1.82) is 0 Å². The van der Waals surface area contributed by atoms with Crippen LogP contribution in [0.3, 0.4) is 0 Å². The highest BCUT2D eigenvalue weighted by Gasteiger charge is 1.96. The number of rotatable bonds is 18. The number of carboxylic acid groups (broad SMARTS) is 1. The van der Waals surface area contributed by atoms with E-state index in [2.05, 4.69) is 12.2 Å². The molecule has 0 aromatic heterocycles. The number of hydrogen-bond donors (Lipinski definition) is 2. The molecule has 0 unspecified atom stereocenters. The molecule has 132 valence electrons. The van der Waals surface area contributed by atoms with Gasteiger partial charge in [-0.3, -0.25) is 4.79 Å². The molecule has 22 heavy (non-hydrogen) atoms. The molecular formula is C18H37NO2S. The zero-order chi connectivity index (χ0) is 16.3. The van der Waals surface area contributed by atoms with E-state index >= 15 is 0 Å². The Kier molecular flexibility index (Phi) is 18.6. The van der Waals surface area contributed by atoms with Crippen LogP contribution in [-0.2, 0) is 4.79 Å². The number of thioether (sulfide) groups is 1. The van der Waals surface area contributed by atoms with Gasteiger partial charge in [0.05, 0.1) is 6.42 Å². The summed E-state index contributed by atoms with van der Waals surface area (Å²) in [6, 6.07) is 0. The third-order valence-electron chi connectivity index (χ3n) is 3.81. The minimum atomic E-state index is -0.688. The summed E-state index contributed by atoms with van der Waals surface area (Å²) < 4.78 is 0. The number of carbonyl (C=O) groups is 1. The second-order valence-corrected chi connectivity index (χ2v) is 7.27. The van der Waals surface area contributed by atoms with Crippen molar-refractivity contribution in [1.82, 2.24) is 5.32 Å². The molecule has 0 rings (SSSR count). The molecule has 0 aliphatic rings. The molecule has 0 amide bonds. The summed E-state index contributed by atoms with van der Waals surface area (Å²) in [5.74, 6) is 1.12. The average Bonchev–Trinajstić information content (AvgIpc) is 2.50. The predicted octanol–water partition coefficient (Wildman–Crippen LogP) is 5.09. The average molecular weight is 332 g/mol. The lowest BCUT2D eigenvalue weighted by molar-refractivity contribution is -0.136. The van der Waals surface area contributed by atoms with Gasteiger partial charge in [-0.15, -0.1) is 0 Å². The predicted molar refractivity (Wildman–Crippen MR) is 98.9 cm³/mol. The largest absolute Gasteiger partial charge is 0.481 e. The van der Waals surface area contributed by atoms with E-state index in [0.717, 1.165) is 31.0 Å². The Balaban J connectivity index is 2.95. The van der Waals surface area contributed by atoms with Gasteiger partial charge in [0.25, 0.3) is 0 Å². The van der Waals surface area contributed by atoms with Gasteiger partial charge in [-0.05, 0) is 31.7 Å². The summed E-state index contributed by atoms with van der Waals surface area (Å²) in [7, 11) is 0. The zero-order valence-electron chi connectivity index (χ0n) is 14.6. The van der Waals surface area contributed by atoms with E-state index in [4.69, 9.17) is 5.11 Å². The molecule has 0 aliphatic heterocycles. The highest BCUT2D eigenvalue weighted by atomic mass is 32.2. The highest BCUT2D eigenvalue weighted by molar-refractivity contribution is 7.99. The molecular weight excluding hydrogens is 294 g/mol. The summed E-state index contributed by atoms with van der Waals surface area (Å²) in [4.78, 5) is 10.3. The van der Waals surface area contributed by atoms with Crippen molar-refractivity contribution in [2.24, 2.45) is 0 Å². The fourth-order valence-corrected chi connectivity index (χ4v) is 3.29. The van der Waals surface area contributed by atoms with Gasteiger partial charge < -0.3 is 10.4 Å². The smallest absolute Gasteiger partial charge is 0.304 e. The molecule has 4 heteroatoms. The van der Waals surface area contributed by atoms with Crippen LogP contribution in [0.4, 0.5) is 0 Å². The lowest BCUT2D eigenvalue weighted by atomic mass is 10.1.